The molecule has 0 radical (unpaired) electrons. The van der Waals surface area contributed by atoms with E-state index >= 15 is 0 Å². The number of pyridine rings is 1. The molecule has 1 fully saturated rings. The van der Waals surface area contributed by atoms with E-state index in [9.17, 15) is 4.79 Å². The van der Waals surface area contributed by atoms with Gasteiger partial charge in [-0.2, -0.15) is 0 Å². The van der Waals surface area contributed by atoms with Crippen molar-refractivity contribution < 1.29 is 9.53 Å². The average molecular weight is 325 g/mol. The van der Waals surface area contributed by atoms with Gasteiger partial charge in [-0.15, -0.1) is 0 Å². The number of nitrogens with one attached hydrogen (secondary N) is 1. The largest absolute Gasteiger partial charge is 0.489 e. The van der Waals surface area contributed by atoms with Gasteiger partial charge in [-0.3, -0.25) is 14.7 Å². The van der Waals surface area contributed by atoms with Crippen molar-refractivity contribution in [2.75, 3.05) is 13.1 Å². The van der Waals surface area contributed by atoms with Crippen LogP contribution in [0.3, 0.4) is 0 Å². The first kappa shape index (κ1) is 16.5. The highest BCUT2D eigenvalue weighted by molar-refractivity contribution is 5.76. The van der Waals surface area contributed by atoms with E-state index in [4.69, 9.17) is 4.74 Å². The van der Waals surface area contributed by atoms with Gasteiger partial charge in [0.25, 0.3) is 0 Å². The predicted octanol–water partition coefficient (Wildman–Crippen LogP) is 2.37. The fraction of sp³-hybridized carbons (Fsp3) is 0.368. The number of amides is 1. The fourth-order valence-corrected chi connectivity index (χ4v) is 2.84. The Labute approximate surface area is 142 Å². The minimum absolute atomic E-state index is 0.143. The maximum atomic E-state index is 11.6. The van der Waals surface area contributed by atoms with Crippen LogP contribution in [-0.2, 0) is 17.9 Å². The third-order valence-electron chi connectivity index (χ3n) is 4.29. The van der Waals surface area contributed by atoms with E-state index in [1.165, 1.54) is 5.56 Å². The molecule has 0 spiro atoms. The lowest BCUT2D eigenvalue weighted by atomic mass is 10.1. The molecule has 2 aromatic rings. The zero-order valence-corrected chi connectivity index (χ0v) is 13.9. The highest BCUT2D eigenvalue weighted by Gasteiger charge is 2.20. The quantitative estimate of drug-likeness (QED) is 0.917. The second-order valence-corrected chi connectivity index (χ2v) is 6.16. The van der Waals surface area contributed by atoms with Gasteiger partial charge in [0.15, 0.2) is 0 Å². The SMILES string of the molecule is CC1CC(=O)NCCN1Cc1ccc(OCc2ccncc2)cc1. The van der Waals surface area contributed by atoms with Crippen LogP contribution in [0.15, 0.2) is 48.8 Å². The molecule has 5 nitrogen and oxygen atoms in total. The topological polar surface area (TPSA) is 54.5 Å². The number of rotatable bonds is 5. The Bertz CT molecular complexity index is 658. The molecule has 1 aliphatic heterocycles. The summed E-state index contributed by atoms with van der Waals surface area (Å²) < 4.78 is 5.80. The summed E-state index contributed by atoms with van der Waals surface area (Å²) in [5.74, 6) is 1.00. The van der Waals surface area contributed by atoms with Crippen LogP contribution in [0.5, 0.6) is 5.75 Å². The Morgan fingerprint density at radius 1 is 1.17 bits per heavy atom. The summed E-state index contributed by atoms with van der Waals surface area (Å²) in [6.07, 6.45) is 4.10. The van der Waals surface area contributed by atoms with Gasteiger partial charge < -0.3 is 10.1 Å². The molecule has 126 valence electrons. The second-order valence-electron chi connectivity index (χ2n) is 6.16. The van der Waals surface area contributed by atoms with E-state index in [-0.39, 0.29) is 11.9 Å². The number of nitrogens with zero attached hydrogens (tertiary/aromatic N) is 2. The Kier molecular flexibility index (Phi) is 5.43. The Morgan fingerprint density at radius 2 is 1.92 bits per heavy atom. The molecule has 1 N–H and O–H groups in total. The predicted molar refractivity (Wildman–Crippen MR) is 92.5 cm³/mol. The monoisotopic (exact) mass is 325 g/mol. The summed E-state index contributed by atoms with van der Waals surface area (Å²) in [5, 5.41) is 2.93. The van der Waals surface area contributed by atoms with Crippen LogP contribution in [0.2, 0.25) is 0 Å². The number of aromatic nitrogens is 1. The van der Waals surface area contributed by atoms with Gasteiger partial charge in [0.05, 0.1) is 0 Å². The van der Waals surface area contributed by atoms with E-state index in [0.29, 0.717) is 13.0 Å². The maximum Gasteiger partial charge on any atom is 0.221 e. The molecule has 1 saturated heterocycles. The van der Waals surface area contributed by atoms with Crippen molar-refractivity contribution in [3.8, 4) is 5.75 Å². The number of carbonyl (C=O) groups is 1. The van der Waals surface area contributed by atoms with Crippen molar-refractivity contribution in [2.24, 2.45) is 0 Å². The zero-order chi connectivity index (χ0) is 16.8. The Hall–Kier alpha value is -2.40. The van der Waals surface area contributed by atoms with Crippen LogP contribution in [0.1, 0.15) is 24.5 Å². The molecular formula is C19H23N3O2. The summed E-state index contributed by atoms with van der Waals surface area (Å²) in [7, 11) is 0. The second kappa shape index (κ2) is 7.93. The minimum Gasteiger partial charge on any atom is -0.489 e. The van der Waals surface area contributed by atoms with Gasteiger partial charge >= 0.3 is 0 Å². The smallest absolute Gasteiger partial charge is 0.221 e. The summed E-state index contributed by atoms with van der Waals surface area (Å²) >= 11 is 0. The van der Waals surface area contributed by atoms with Gasteiger partial charge in [0.1, 0.15) is 12.4 Å². The highest BCUT2D eigenvalue weighted by Crippen LogP contribution is 2.17. The standard InChI is InChI=1S/C19H23N3O2/c1-15-12-19(23)21-10-11-22(15)13-16-2-4-18(5-3-16)24-14-17-6-8-20-9-7-17/h2-9,15H,10-14H2,1H3,(H,21,23). The summed E-state index contributed by atoms with van der Waals surface area (Å²) in [5.41, 5.74) is 2.33. The first-order chi connectivity index (χ1) is 11.7. The van der Waals surface area contributed by atoms with Gasteiger partial charge in [0.2, 0.25) is 5.91 Å². The van der Waals surface area contributed by atoms with Crippen molar-refractivity contribution >= 4 is 5.91 Å². The molecule has 3 rings (SSSR count). The zero-order valence-electron chi connectivity index (χ0n) is 13.9. The maximum absolute atomic E-state index is 11.6. The van der Waals surface area contributed by atoms with E-state index in [0.717, 1.165) is 30.9 Å². The van der Waals surface area contributed by atoms with Crippen LogP contribution in [0.25, 0.3) is 0 Å². The van der Waals surface area contributed by atoms with Crippen molar-refractivity contribution in [1.82, 2.24) is 15.2 Å². The first-order valence-corrected chi connectivity index (χ1v) is 8.32. The van der Waals surface area contributed by atoms with E-state index in [1.54, 1.807) is 12.4 Å². The fourth-order valence-electron chi connectivity index (χ4n) is 2.84. The molecule has 2 heterocycles. The molecule has 1 aromatic carbocycles. The van der Waals surface area contributed by atoms with Crippen LogP contribution < -0.4 is 10.1 Å². The molecule has 0 aliphatic carbocycles. The van der Waals surface area contributed by atoms with E-state index < -0.39 is 0 Å². The number of hydrogen-bond acceptors (Lipinski definition) is 4. The van der Waals surface area contributed by atoms with Crippen LogP contribution in [0.4, 0.5) is 0 Å². The van der Waals surface area contributed by atoms with E-state index in [1.807, 2.05) is 24.3 Å². The molecule has 0 bridgehead atoms. The molecule has 0 saturated carbocycles. The number of hydrogen-bond donors (Lipinski definition) is 1. The van der Waals surface area contributed by atoms with Crippen molar-refractivity contribution in [2.45, 2.75) is 32.5 Å². The molecular weight excluding hydrogens is 302 g/mol. The molecule has 24 heavy (non-hydrogen) atoms. The highest BCUT2D eigenvalue weighted by atomic mass is 16.5. The van der Waals surface area contributed by atoms with Crippen LogP contribution in [-0.4, -0.2) is 34.9 Å². The normalized spacial score (nSPS) is 18.7. The van der Waals surface area contributed by atoms with Crippen LogP contribution in [0, 0.1) is 0 Å². The molecule has 1 aliphatic rings. The Morgan fingerprint density at radius 3 is 2.67 bits per heavy atom. The van der Waals surface area contributed by atoms with Crippen molar-refractivity contribution in [3.05, 3.63) is 59.9 Å². The number of ether oxygens (including phenoxy) is 1. The molecule has 1 atom stereocenters. The Balaban J connectivity index is 1.55. The molecule has 1 aromatic heterocycles. The molecule has 1 amide bonds. The first-order valence-electron chi connectivity index (χ1n) is 8.32. The van der Waals surface area contributed by atoms with Gasteiger partial charge in [-0.25, -0.2) is 0 Å². The van der Waals surface area contributed by atoms with Crippen LogP contribution >= 0.6 is 0 Å². The van der Waals surface area contributed by atoms with Gasteiger partial charge in [-0.05, 0) is 42.3 Å². The van der Waals surface area contributed by atoms with Crippen molar-refractivity contribution in [1.29, 1.82) is 0 Å². The molecule has 1 unspecified atom stereocenters. The van der Waals surface area contributed by atoms with Gasteiger partial charge in [-0.1, -0.05) is 12.1 Å². The lowest BCUT2D eigenvalue weighted by molar-refractivity contribution is -0.121. The third kappa shape index (κ3) is 4.55. The lowest BCUT2D eigenvalue weighted by Crippen LogP contribution is -2.33. The van der Waals surface area contributed by atoms with Crippen molar-refractivity contribution in [3.63, 3.8) is 0 Å². The third-order valence-corrected chi connectivity index (χ3v) is 4.29. The minimum atomic E-state index is 0.143. The summed E-state index contributed by atoms with van der Waals surface area (Å²) in [6.45, 7) is 5.10. The average Bonchev–Trinajstić information content (AvgIpc) is 2.76. The number of benzene rings is 1. The lowest BCUT2D eigenvalue weighted by Gasteiger charge is -2.25. The van der Waals surface area contributed by atoms with Gasteiger partial charge in [0, 0.05) is 44.5 Å². The van der Waals surface area contributed by atoms with E-state index in [2.05, 4.69) is 34.3 Å². The summed E-state index contributed by atoms with van der Waals surface area (Å²) in [4.78, 5) is 17.9. The number of carbonyl (C=O) groups excluding carboxylic acids is 1. The molecule has 5 heteroatoms. The summed E-state index contributed by atoms with van der Waals surface area (Å²) in [6, 6.07) is 12.3.